The van der Waals surface area contributed by atoms with Crippen molar-refractivity contribution in [1.82, 2.24) is 10.1 Å². The summed E-state index contributed by atoms with van der Waals surface area (Å²) < 4.78 is 30.0. The SMILES string of the molecule is COC[C@@H]1CN(C(=O)c2cc(C)on2)[C@H]2c3cc(F)ccc3OC[C@@H]12. The van der Waals surface area contributed by atoms with Crippen LogP contribution in [-0.2, 0) is 4.74 Å². The molecule has 3 heterocycles. The number of methoxy groups -OCH3 is 1. The first-order valence-electron chi connectivity index (χ1n) is 8.24. The minimum atomic E-state index is -0.345. The Morgan fingerprint density at radius 3 is 3.00 bits per heavy atom. The normalized spacial score (nSPS) is 24.6. The van der Waals surface area contributed by atoms with Crippen LogP contribution in [-0.4, -0.2) is 42.8 Å². The van der Waals surface area contributed by atoms with E-state index < -0.39 is 0 Å². The standard InChI is InChI=1S/C18H19FN2O4/c1-10-5-15(20-25-10)18(22)21-7-11(8-23-2)14-9-24-16-4-3-12(19)6-13(16)17(14)21/h3-6,11,14,17H,7-9H2,1-2H3/t11-,14-,17-/m0/s1. The van der Waals surface area contributed by atoms with Crippen LogP contribution in [0.15, 0.2) is 28.8 Å². The van der Waals surface area contributed by atoms with Gasteiger partial charge in [-0.15, -0.1) is 0 Å². The largest absolute Gasteiger partial charge is 0.493 e. The maximum absolute atomic E-state index is 13.8. The van der Waals surface area contributed by atoms with Gasteiger partial charge in [0.15, 0.2) is 5.69 Å². The fraction of sp³-hybridized carbons (Fsp3) is 0.444. The fourth-order valence-electron chi connectivity index (χ4n) is 3.90. The van der Waals surface area contributed by atoms with Crippen molar-refractivity contribution in [3.63, 3.8) is 0 Å². The molecule has 1 amide bonds. The lowest BCUT2D eigenvalue weighted by Crippen LogP contribution is -2.35. The van der Waals surface area contributed by atoms with Gasteiger partial charge in [-0.3, -0.25) is 4.79 Å². The van der Waals surface area contributed by atoms with Gasteiger partial charge >= 0.3 is 0 Å². The van der Waals surface area contributed by atoms with Gasteiger partial charge in [0.05, 0.1) is 19.3 Å². The zero-order valence-electron chi connectivity index (χ0n) is 14.1. The summed E-state index contributed by atoms with van der Waals surface area (Å²) in [6, 6.07) is 5.80. The number of halogens is 1. The first kappa shape index (κ1) is 16.1. The molecule has 2 aliphatic rings. The molecule has 2 aliphatic heterocycles. The molecule has 6 nitrogen and oxygen atoms in total. The van der Waals surface area contributed by atoms with E-state index in [1.807, 2.05) is 0 Å². The van der Waals surface area contributed by atoms with Crippen molar-refractivity contribution in [3.8, 4) is 5.75 Å². The van der Waals surface area contributed by atoms with E-state index in [1.54, 1.807) is 31.1 Å². The summed E-state index contributed by atoms with van der Waals surface area (Å²) in [6.45, 7) is 3.23. The molecule has 1 aromatic carbocycles. The second-order valence-electron chi connectivity index (χ2n) is 6.60. The maximum atomic E-state index is 13.8. The third-order valence-electron chi connectivity index (χ3n) is 4.99. The number of aryl methyl sites for hydroxylation is 1. The van der Waals surface area contributed by atoms with E-state index in [4.69, 9.17) is 14.0 Å². The molecule has 7 heteroatoms. The van der Waals surface area contributed by atoms with Crippen molar-refractivity contribution in [2.75, 3.05) is 26.9 Å². The van der Waals surface area contributed by atoms with Gasteiger partial charge in [0, 0.05) is 37.1 Å². The predicted octanol–water partition coefficient (Wildman–Crippen LogP) is 2.59. The molecule has 1 saturated heterocycles. The number of aromatic nitrogens is 1. The predicted molar refractivity (Wildman–Crippen MR) is 85.8 cm³/mol. The number of rotatable bonds is 3. The smallest absolute Gasteiger partial charge is 0.276 e. The summed E-state index contributed by atoms with van der Waals surface area (Å²) >= 11 is 0. The Labute approximate surface area is 144 Å². The van der Waals surface area contributed by atoms with Crippen molar-refractivity contribution < 1.29 is 23.2 Å². The molecule has 1 fully saturated rings. The van der Waals surface area contributed by atoms with E-state index in [9.17, 15) is 9.18 Å². The Morgan fingerprint density at radius 2 is 2.28 bits per heavy atom. The van der Waals surface area contributed by atoms with Crippen molar-refractivity contribution in [3.05, 3.63) is 47.1 Å². The van der Waals surface area contributed by atoms with Crippen LogP contribution in [0.1, 0.15) is 27.9 Å². The van der Waals surface area contributed by atoms with Gasteiger partial charge in [-0.1, -0.05) is 5.16 Å². The molecule has 0 aliphatic carbocycles. The van der Waals surface area contributed by atoms with Crippen LogP contribution in [0, 0.1) is 24.6 Å². The summed E-state index contributed by atoms with van der Waals surface area (Å²) in [7, 11) is 1.64. The Balaban J connectivity index is 1.74. The quantitative estimate of drug-likeness (QED) is 0.855. The molecular formula is C18H19FN2O4. The van der Waals surface area contributed by atoms with E-state index in [-0.39, 0.29) is 35.3 Å². The van der Waals surface area contributed by atoms with Crippen LogP contribution in [0.25, 0.3) is 0 Å². The van der Waals surface area contributed by atoms with Crippen LogP contribution in [0.4, 0.5) is 4.39 Å². The van der Waals surface area contributed by atoms with E-state index in [1.165, 1.54) is 12.1 Å². The van der Waals surface area contributed by atoms with E-state index in [2.05, 4.69) is 5.16 Å². The zero-order valence-corrected chi connectivity index (χ0v) is 14.1. The summed E-state index contributed by atoms with van der Waals surface area (Å²) in [5.74, 6) is 0.792. The van der Waals surface area contributed by atoms with Crippen LogP contribution in [0.3, 0.4) is 0 Å². The number of nitrogens with zero attached hydrogens (tertiary/aromatic N) is 2. The first-order valence-corrected chi connectivity index (χ1v) is 8.24. The van der Waals surface area contributed by atoms with Gasteiger partial charge in [0.1, 0.15) is 17.3 Å². The molecule has 0 saturated carbocycles. The summed E-state index contributed by atoms with van der Waals surface area (Å²) in [5.41, 5.74) is 0.960. The molecule has 0 spiro atoms. The average molecular weight is 346 g/mol. The zero-order chi connectivity index (χ0) is 17.6. The van der Waals surface area contributed by atoms with Crippen LogP contribution in [0.2, 0.25) is 0 Å². The van der Waals surface area contributed by atoms with Gasteiger partial charge in [0.25, 0.3) is 5.91 Å². The number of amides is 1. The van der Waals surface area contributed by atoms with Crippen molar-refractivity contribution in [1.29, 1.82) is 0 Å². The highest BCUT2D eigenvalue weighted by molar-refractivity contribution is 5.93. The van der Waals surface area contributed by atoms with Gasteiger partial charge in [-0.2, -0.15) is 0 Å². The maximum Gasteiger partial charge on any atom is 0.276 e. The van der Waals surface area contributed by atoms with E-state index in [0.717, 1.165) is 0 Å². The summed E-state index contributed by atoms with van der Waals surface area (Å²) in [4.78, 5) is 14.7. The molecule has 0 bridgehead atoms. The molecule has 2 aromatic rings. The molecule has 0 N–H and O–H groups in total. The molecule has 0 unspecified atom stereocenters. The topological polar surface area (TPSA) is 64.8 Å². The lowest BCUT2D eigenvalue weighted by Gasteiger charge is -2.34. The summed E-state index contributed by atoms with van der Waals surface area (Å²) in [6.07, 6.45) is 0. The second-order valence-corrected chi connectivity index (χ2v) is 6.60. The Bertz CT molecular complexity index is 806. The molecule has 132 valence electrons. The summed E-state index contributed by atoms with van der Waals surface area (Å²) in [5, 5.41) is 3.84. The van der Waals surface area contributed by atoms with Gasteiger partial charge < -0.3 is 18.9 Å². The molecular weight excluding hydrogens is 327 g/mol. The Kier molecular flexibility index (Phi) is 3.95. The number of fused-ring (bicyclic) bond motifs is 3. The number of ether oxygens (including phenoxy) is 2. The third-order valence-corrected chi connectivity index (χ3v) is 4.99. The highest BCUT2D eigenvalue weighted by atomic mass is 19.1. The van der Waals surface area contributed by atoms with Gasteiger partial charge in [-0.25, -0.2) is 4.39 Å². The fourth-order valence-corrected chi connectivity index (χ4v) is 3.90. The van der Waals surface area contributed by atoms with Gasteiger partial charge in [-0.05, 0) is 25.1 Å². The number of benzene rings is 1. The first-order chi connectivity index (χ1) is 12.1. The lowest BCUT2D eigenvalue weighted by atomic mass is 9.85. The van der Waals surface area contributed by atoms with Crippen LogP contribution < -0.4 is 4.74 Å². The molecule has 3 atom stereocenters. The second kappa shape index (κ2) is 6.15. The van der Waals surface area contributed by atoms with Crippen molar-refractivity contribution >= 4 is 5.91 Å². The number of carbonyl (C=O) groups excluding carboxylic acids is 1. The van der Waals surface area contributed by atoms with Crippen molar-refractivity contribution in [2.45, 2.75) is 13.0 Å². The van der Waals surface area contributed by atoms with Crippen LogP contribution in [0.5, 0.6) is 5.75 Å². The molecule has 4 rings (SSSR count). The van der Waals surface area contributed by atoms with Crippen LogP contribution >= 0.6 is 0 Å². The number of hydrogen-bond donors (Lipinski definition) is 0. The van der Waals surface area contributed by atoms with Crippen molar-refractivity contribution in [2.24, 2.45) is 11.8 Å². The molecule has 0 radical (unpaired) electrons. The molecule has 1 aromatic heterocycles. The highest BCUT2D eigenvalue weighted by Gasteiger charge is 2.48. The number of likely N-dealkylation sites (tertiary alicyclic amines) is 1. The highest BCUT2D eigenvalue weighted by Crippen LogP contribution is 2.48. The monoisotopic (exact) mass is 346 g/mol. The van der Waals surface area contributed by atoms with E-state index in [0.29, 0.717) is 36.8 Å². The number of carbonyl (C=O) groups is 1. The van der Waals surface area contributed by atoms with Gasteiger partial charge in [0.2, 0.25) is 0 Å². The Morgan fingerprint density at radius 1 is 1.44 bits per heavy atom. The van der Waals surface area contributed by atoms with E-state index >= 15 is 0 Å². The lowest BCUT2D eigenvalue weighted by molar-refractivity contribution is 0.0661. The third kappa shape index (κ3) is 2.68. The minimum Gasteiger partial charge on any atom is -0.493 e. The average Bonchev–Trinajstić information content (AvgIpc) is 3.19. The minimum absolute atomic E-state index is 0.0474. The molecule has 25 heavy (non-hydrogen) atoms. The number of hydrogen-bond acceptors (Lipinski definition) is 5. The Hall–Kier alpha value is -2.41.